The summed E-state index contributed by atoms with van der Waals surface area (Å²) in [5.74, 6) is -0.297. The number of rotatable bonds is 6. The number of benzene rings is 3. The number of aromatic nitrogens is 2. The molecule has 44 heavy (non-hydrogen) atoms. The Morgan fingerprint density at radius 1 is 1.05 bits per heavy atom. The SMILES string of the molecule is COC1N(c2ccccc2)c2c(F)c(C#Cc3ccccc3)c(F)c(Cc3cnc(N)nc3N)c2C(=O)C1(OC)C(=O)O.Cl. The molecule has 226 valence electrons. The van der Waals surface area contributed by atoms with Gasteiger partial charge < -0.3 is 30.9 Å². The second-order valence-electron chi connectivity index (χ2n) is 9.50. The van der Waals surface area contributed by atoms with Gasteiger partial charge in [-0.2, -0.15) is 4.98 Å². The number of carboxylic acids is 1. The zero-order chi connectivity index (χ0) is 30.9. The molecule has 4 aromatic rings. The van der Waals surface area contributed by atoms with Gasteiger partial charge in [-0.3, -0.25) is 4.79 Å². The van der Waals surface area contributed by atoms with E-state index in [0.29, 0.717) is 5.56 Å². The number of nitrogens with zero attached hydrogens (tertiary/aromatic N) is 3. The third kappa shape index (κ3) is 5.17. The molecule has 0 aliphatic carbocycles. The average molecular weight is 622 g/mol. The van der Waals surface area contributed by atoms with Gasteiger partial charge in [0.2, 0.25) is 11.7 Å². The van der Waals surface area contributed by atoms with Crippen LogP contribution in [0.1, 0.15) is 32.6 Å². The molecular formula is C31H26ClF2N5O5. The minimum atomic E-state index is -2.73. The van der Waals surface area contributed by atoms with Gasteiger partial charge in [0.1, 0.15) is 11.6 Å². The third-order valence-electron chi connectivity index (χ3n) is 7.12. The fourth-order valence-corrected chi connectivity index (χ4v) is 5.10. The summed E-state index contributed by atoms with van der Waals surface area (Å²) in [4.78, 5) is 36.0. The predicted octanol–water partition coefficient (Wildman–Crippen LogP) is 4.11. The first-order valence-corrected chi connectivity index (χ1v) is 12.8. The number of ether oxygens (including phenoxy) is 2. The number of fused-ring (bicyclic) bond motifs is 1. The minimum Gasteiger partial charge on any atom is -0.479 e. The van der Waals surface area contributed by atoms with Gasteiger partial charge in [0.05, 0.1) is 16.8 Å². The molecule has 2 unspecified atom stereocenters. The number of nitrogens with two attached hydrogens (primary N) is 2. The summed E-state index contributed by atoms with van der Waals surface area (Å²) in [7, 11) is 2.16. The Hall–Kier alpha value is -5.09. The lowest BCUT2D eigenvalue weighted by atomic mass is 9.79. The molecule has 1 aliphatic heterocycles. The van der Waals surface area contributed by atoms with Crippen LogP contribution in [0.4, 0.5) is 31.9 Å². The van der Waals surface area contributed by atoms with Gasteiger partial charge in [-0.1, -0.05) is 48.2 Å². The molecule has 10 nitrogen and oxygen atoms in total. The van der Waals surface area contributed by atoms with Crippen molar-refractivity contribution in [1.29, 1.82) is 0 Å². The molecule has 13 heteroatoms. The van der Waals surface area contributed by atoms with E-state index >= 15 is 8.78 Å². The highest BCUT2D eigenvalue weighted by Crippen LogP contribution is 2.47. The van der Waals surface area contributed by atoms with Crippen LogP contribution in [0, 0.1) is 23.5 Å². The van der Waals surface area contributed by atoms with Gasteiger partial charge in [-0.25, -0.2) is 18.6 Å². The number of ketones is 1. The number of methoxy groups -OCH3 is 2. The number of hydrogen-bond donors (Lipinski definition) is 3. The number of Topliss-reactive ketones (excluding diaryl/α,β-unsaturated/α-hetero) is 1. The summed E-state index contributed by atoms with van der Waals surface area (Å²) < 4.78 is 44.1. The number of nitrogen functional groups attached to an aromatic ring is 2. The second kappa shape index (κ2) is 12.6. The molecule has 3 aromatic carbocycles. The molecule has 0 bridgehead atoms. The van der Waals surface area contributed by atoms with Gasteiger partial charge >= 0.3 is 5.97 Å². The Bertz CT molecular complexity index is 1800. The van der Waals surface area contributed by atoms with Crippen LogP contribution in [0.5, 0.6) is 0 Å². The van der Waals surface area contributed by atoms with Crippen LogP contribution in [0.2, 0.25) is 0 Å². The van der Waals surface area contributed by atoms with E-state index in [4.69, 9.17) is 20.9 Å². The van der Waals surface area contributed by atoms with E-state index in [1.54, 1.807) is 60.7 Å². The zero-order valence-corrected chi connectivity index (χ0v) is 24.2. The lowest BCUT2D eigenvalue weighted by molar-refractivity contribution is -0.170. The Morgan fingerprint density at radius 3 is 2.25 bits per heavy atom. The maximum absolute atomic E-state index is 16.7. The largest absolute Gasteiger partial charge is 0.479 e. The van der Waals surface area contributed by atoms with Gasteiger partial charge in [-0.05, 0) is 24.3 Å². The van der Waals surface area contributed by atoms with E-state index in [2.05, 4.69) is 21.8 Å². The van der Waals surface area contributed by atoms with E-state index in [0.717, 1.165) is 19.1 Å². The Labute approximate surface area is 257 Å². The van der Waals surface area contributed by atoms with Crippen LogP contribution >= 0.6 is 12.4 Å². The Kier molecular flexibility index (Phi) is 9.15. The summed E-state index contributed by atoms with van der Waals surface area (Å²) in [6.07, 6.45) is -0.917. The number of carbonyl (C=O) groups excluding carboxylic acids is 1. The second-order valence-corrected chi connectivity index (χ2v) is 9.50. The first-order valence-electron chi connectivity index (χ1n) is 12.8. The monoisotopic (exact) mass is 621 g/mol. The number of anilines is 4. The maximum atomic E-state index is 16.7. The average Bonchev–Trinajstić information content (AvgIpc) is 3.00. The minimum absolute atomic E-state index is 0. The molecular weight excluding hydrogens is 596 g/mol. The van der Waals surface area contributed by atoms with E-state index in [9.17, 15) is 14.7 Å². The van der Waals surface area contributed by atoms with Crippen molar-refractivity contribution in [2.24, 2.45) is 0 Å². The number of aliphatic carboxylic acids is 1. The van der Waals surface area contributed by atoms with Crippen molar-refractivity contribution in [1.82, 2.24) is 9.97 Å². The smallest absolute Gasteiger partial charge is 0.349 e. The van der Waals surface area contributed by atoms with Crippen molar-refractivity contribution >= 4 is 47.3 Å². The van der Waals surface area contributed by atoms with Crippen molar-refractivity contribution in [3.63, 3.8) is 0 Å². The molecule has 5 N–H and O–H groups in total. The Balaban J connectivity index is 0.00000442. The van der Waals surface area contributed by atoms with Crippen molar-refractivity contribution in [2.75, 3.05) is 30.6 Å². The van der Waals surface area contributed by atoms with Gasteiger partial charge in [0.15, 0.2) is 12.0 Å². The van der Waals surface area contributed by atoms with E-state index < -0.39 is 64.0 Å². The van der Waals surface area contributed by atoms with Crippen LogP contribution in [-0.2, 0) is 20.7 Å². The number of carboxylic acid groups (broad SMARTS) is 1. The summed E-state index contributed by atoms with van der Waals surface area (Å²) in [6.45, 7) is 0. The quantitative estimate of drug-likeness (QED) is 0.212. The lowest BCUT2D eigenvalue weighted by Gasteiger charge is -2.46. The molecule has 5 rings (SSSR count). The van der Waals surface area contributed by atoms with Crippen LogP contribution in [0.3, 0.4) is 0 Å². The van der Waals surface area contributed by atoms with E-state index in [1.807, 2.05) is 0 Å². The topological polar surface area (TPSA) is 154 Å². The third-order valence-corrected chi connectivity index (χ3v) is 7.12. The lowest BCUT2D eigenvalue weighted by Crippen LogP contribution is -2.66. The fourth-order valence-electron chi connectivity index (χ4n) is 5.10. The van der Waals surface area contributed by atoms with Crippen molar-refractivity contribution in [3.05, 3.63) is 106 Å². The first-order chi connectivity index (χ1) is 20.6. The van der Waals surface area contributed by atoms with Crippen molar-refractivity contribution in [2.45, 2.75) is 18.2 Å². The van der Waals surface area contributed by atoms with Crippen LogP contribution in [-0.4, -0.2) is 52.9 Å². The molecule has 0 spiro atoms. The molecule has 1 aromatic heterocycles. The summed E-state index contributed by atoms with van der Waals surface area (Å²) >= 11 is 0. The molecule has 0 saturated heterocycles. The van der Waals surface area contributed by atoms with E-state index in [-0.39, 0.29) is 35.4 Å². The molecule has 0 fully saturated rings. The molecule has 1 aliphatic rings. The number of hydrogen-bond acceptors (Lipinski definition) is 9. The predicted molar refractivity (Wildman–Crippen MR) is 161 cm³/mol. The van der Waals surface area contributed by atoms with Gasteiger partial charge in [0, 0.05) is 49.2 Å². The standard InChI is InChI=1S/C31H25F2N5O5.ClH/c1-42-28-31(43-2,29(40)41)26(39)22-21(15-18-16-36-30(35)37-27(18)34)23(32)20(14-13-17-9-5-3-6-10-17)24(33)25(22)38(28)19-11-7-4-8-12-19;/h3-12,16,28H,15H2,1-2H3,(H,40,41)(H4,34,35,36,37);1H. The molecule has 0 radical (unpaired) electrons. The van der Waals surface area contributed by atoms with Gasteiger partial charge in [0.25, 0.3) is 5.60 Å². The number of halogens is 3. The normalized spacial score (nSPS) is 17.2. The van der Waals surface area contributed by atoms with Crippen LogP contribution < -0.4 is 16.4 Å². The highest BCUT2D eigenvalue weighted by molar-refractivity contribution is 6.21. The van der Waals surface area contributed by atoms with Gasteiger partial charge in [-0.15, -0.1) is 12.4 Å². The highest BCUT2D eigenvalue weighted by atomic mass is 35.5. The Morgan fingerprint density at radius 2 is 1.68 bits per heavy atom. The molecule has 2 heterocycles. The summed E-state index contributed by atoms with van der Waals surface area (Å²) in [5, 5.41) is 10.4. The highest BCUT2D eigenvalue weighted by Gasteiger charge is 2.62. The zero-order valence-electron chi connectivity index (χ0n) is 23.4. The molecule has 2 atom stereocenters. The first kappa shape index (κ1) is 31.8. The number of para-hydroxylation sites is 1. The maximum Gasteiger partial charge on any atom is 0.349 e. The van der Waals surface area contributed by atoms with Crippen LogP contribution in [0.15, 0.2) is 66.9 Å². The number of carbonyl (C=O) groups is 2. The van der Waals surface area contributed by atoms with Crippen molar-refractivity contribution < 1.29 is 33.0 Å². The summed E-state index contributed by atoms with van der Waals surface area (Å²) in [6, 6.07) is 16.6. The van der Waals surface area contributed by atoms with Crippen molar-refractivity contribution in [3.8, 4) is 11.8 Å². The van der Waals surface area contributed by atoms with Crippen LogP contribution in [0.25, 0.3) is 0 Å². The van der Waals surface area contributed by atoms with E-state index in [1.165, 1.54) is 6.20 Å². The molecule has 0 amide bonds. The fraction of sp³-hybridized carbons (Fsp3) is 0.161. The summed E-state index contributed by atoms with van der Waals surface area (Å²) in [5.41, 5.74) is 7.71. The molecule has 0 saturated carbocycles.